The molecule has 0 aromatic rings. The summed E-state index contributed by atoms with van der Waals surface area (Å²) in [6, 6.07) is 0. The highest BCUT2D eigenvalue weighted by atomic mass is 16.1. The Morgan fingerprint density at radius 2 is 2.42 bits per heavy atom. The summed E-state index contributed by atoms with van der Waals surface area (Å²) in [7, 11) is 0. The predicted octanol–water partition coefficient (Wildman–Crippen LogP) is 1.60. The molecule has 0 amide bonds. The van der Waals surface area contributed by atoms with Crippen LogP contribution in [0.5, 0.6) is 0 Å². The van der Waals surface area contributed by atoms with Gasteiger partial charge in [-0.3, -0.25) is 4.79 Å². The molecule has 2 nitrogen and oxygen atoms in total. The number of rotatable bonds is 4. The molecule has 1 aliphatic rings. The molecule has 70 valence electrons. The van der Waals surface area contributed by atoms with Crippen molar-refractivity contribution in [3.8, 4) is 0 Å². The number of carbonyl (C=O) groups excluding carboxylic acids is 1. The van der Waals surface area contributed by atoms with Gasteiger partial charge in [0.1, 0.15) is 5.78 Å². The lowest BCUT2D eigenvalue weighted by Gasteiger charge is -2.10. The molecule has 1 fully saturated rings. The summed E-state index contributed by atoms with van der Waals surface area (Å²) in [6.45, 7) is 6.23. The maximum atomic E-state index is 11.6. The van der Waals surface area contributed by atoms with Gasteiger partial charge >= 0.3 is 0 Å². The van der Waals surface area contributed by atoms with E-state index < -0.39 is 0 Å². The van der Waals surface area contributed by atoms with Crippen LogP contribution >= 0.6 is 0 Å². The van der Waals surface area contributed by atoms with Gasteiger partial charge in [0.2, 0.25) is 0 Å². The highest BCUT2D eigenvalue weighted by Gasteiger charge is 2.22. The fourth-order valence-electron chi connectivity index (χ4n) is 1.58. The van der Waals surface area contributed by atoms with Gasteiger partial charge in [-0.05, 0) is 18.9 Å². The van der Waals surface area contributed by atoms with E-state index in [1.807, 2.05) is 0 Å². The van der Waals surface area contributed by atoms with Gasteiger partial charge < -0.3 is 5.32 Å². The molecule has 2 heteroatoms. The molecule has 0 aromatic carbocycles. The van der Waals surface area contributed by atoms with Crippen molar-refractivity contribution in [3.05, 3.63) is 0 Å². The lowest BCUT2D eigenvalue weighted by atomic mass is 9.93. The Morgan fingerprint density at radius 1 is 1.67 bits per heavy atom. The number of hydrogen-bond donors (Lipinski definition) is 1. The van der Waals surface area contributed by atoms with Gasteiger partial charge in [-0.25, -0.2) is 0 Å². The van der Waals surface area contributed by atoms with Gasteiger partial charge in [0, 0.05) is 18.9 Å². The molecule has 1 aliphatic heterocycles. The smallest absolute Gasteiger partial charge is 0.137 e. The van der Waals surface area contributed by atoms with Crippen LogP contribution < -0.4 is 5.32 Å². The van der Waals surface area contributed by atoms with Crippen molar-refractivity contribution in [2.45, 2.75) is 33.1 Å². The van der Waals surface area contributed by atoms with Crippen molar-refractivity contribution < 1.29 is 4.79 Å². The zero-order chi connectivity index (χ0) is 8.97. The summed E-state index contributed by atoms with van der Waals surface area (Å²) in [6.07, 6.45) is 2.95. The molecular weight excluding hydrogens is 150 g/mol. The third-order valence-corrected chi connectivity index (χ3v) is 2.76. The van der Waals surface area contributed by atoms with E-state index in [0.717, 1.165) is 32.4 Å². The molecule has 2 atom stereocenters. The highest BCUT2D eigenvalue weighted by Crippen LogP contribution is 2.16. The van der Waals surface area contributed by atoms with Crippen LogP contribution in [0.2, 0.25) is 0 Å². The maximum absolute atomic E-state index is 11.6. The van der Waals surface area contributed by atoms with Crippen LogP contribution in [0.1, 0.15) is 33.1 Å². The minimum absolute atomic E-state index is 0.319. The molecule has 0 aromatic heterocycles. The van der Waals surface area contributed by atoms with Crippen LogP contribution in [0, 0.1) is 11.8 Å². The largest absolute Gasteiger partial charge is 0.316 e. The fourth-order valence-corrected chi connectivity index (χ4v) is 1.58. The summed E-state index contributed by atoms with van der Waals surface area (Å²) >= 11 is 0. The van der Waals surface area contributed by atoms with Crippen LogP contribution in [0.25, 0.3) is 0 Å². The monoisotopic (exact) mass is 169 g/mol. The van der Waals surface area contributed by atoms with Gasteiger partial charge in [0.15, 0.2) is 0 Å². The molecule has 1 heterocycles. The molecule has 0 bridgehead atoms. The third-order valence-electron chi connectivity index (χ3n) is 2.76. The molecule has 12 heavy (non-hydrogen) atoms. The second-order valence-electron chi connectivity index (χ2n) is 3.87. The summed E-state index contributed by atoms with van der Waals surface area (Å²) in [5.41, 5.74) is 0. The molecule has 1 N–H and O–H groups in total. The van der Waals surface area contributed by atoms with E-state index in [0.29, 0.717) is 17.6 Å². The van der Waals surface area contributed by atoms with Crippen LogP contribution in [0.4, 0.5) is 0 Å². The number of carbonyl (C=O) groups is 1. The van der Waals surface area contributed by atoms with Crippen molar-refractivity contribution in [3.63, 3.8) is 0 Å². The van der Waals surface area contributed by atoms with E-state index in [1.165, 1.54) is 0 Å². The van der Waals surface area contributed by atoms with Crippen molar-refractivity contribution in [2.75, 3.05) is 13.1 Å². The third kappa shape index (κ3) is 2.59. The summed E-state index contributed by atoms with van der Waals surface area (Å²) < 4.78 is 0. The molecule has 0 spiro atoms. The predicted molar refractivity (Wildman–Crippen MR) is 50.1 cm³/mol. The van der Waals surface area contributed by atoms with E-state index >= 15 is 0 Å². The van der Waals surface area contributed by atoms with Gasteiger partial charge in [0.05, 0.1) is 0 Å². The highest BCUT2D eigenvalue weighted by molar-refractivity contribution is 5.81. The summed E-state index contributed by atoms with van der Waals surface area (Å²) in [4.78, 5) is 11.6. The summed E-state index contributed by atoms with van der Waals surface area (Å²) in [5.74, 6) is 1.35. The molecule has 1 rings (SSSR count). The average Bonchev–Trinajstić information content (AvgIpc) is 2.56. The van der Waals surface area contributed by atoms with E-state index in [9.17, 15) is 4.79 Å². The molecule has 2 unspecified atom stereocenters. The number of hydrogen-bond acceptors (Lipinski definition) is 2. The topological polar surface area (TPSA) is 29.1 Å². The maximum Gasteiger partial charge on any atom is 0.137 e. The van der Waals surface area contributed by atoms with Gasteiger partial charge in [0.25, 0.3) is 0 Å². The van der Waals surface area contributed by atoms with Crippen LogP contribution in [0.15, 0.2) is 0 Å². The molecule has 1 saturated heterocycles. The normalized spacial score (nSPS) is 25.7. The van der Waals surface area contributed by atoms with Crippen LogP contribution in [-0.2, 0) is 4.79 Å². The van der Waals surface area contributed by atoms with Crippen molar-refractivity contribution in [1.82, 2.24) is 5.32 Å². The number of Topliss-reactive ketones (excluding diaryl/α,β-unsaturated/α-hetero) is 1. The lowest BCUT2D eigenvalue weighted by molar-refractivity contribution is -0.123. The van der Waals surface area contributed by atoms with E-state index in [2.05, 4.69) is 19.2 Å². The van der Waals surface area contributed by atoms with Gasteiger partial charge in [-0.1, -0.05) is 20.3 Å². The Morgan fingerprint density at radius 3 is 2.92 bits per heavy atom. The zero-order valence-corrected chi connectivity index (χ0v) is 8.10. The first kappa shape index (κ1) is 9.72. The first-order valence-electron chi connectivity index (χ1n) is 4.97. The standard InChI is InChI=1S/C10H19NO/c1-3-8(2)6-10(12)9-4-5-11-7-9/h8-9,11H,3-7H2,1-2H3. The Kier molecular flexibility index (Phi) is 3.73. The van der Waals surface area contributed by atoms with E-state index in [1.54, 1.807) is 0 Å². The minimum Gasteiger partial charge on any atom is -0.316 e. The van der Waals surface area contributed by atoms with Gasteiger partial charge in [-0.2, -0.15) is 0 Å². The van der Waals surface area contributed by atoms with Crippen molar-refractivity contribution >= 4 is 5.78 Å². The van der Waals surface area contributed by atoms with Crippen molar-refractivity contribution in [2.24, 2.45) is 11.8 Å². The Balaban J connectivity index is 2.27. The number of nitrogens with one attached hydrogen (secondary N) is 1. The van der Waals surface area contributed by atoms with Gasteiger partial charge in [-0.15, -0.1) is 0 Å². The second kappa shape index (κ2) is 4.61. The average molecular weight is 169 g/mol. The Hall–Kier alpha value is -0.370. The van der Waals surface area contributed by atoms with Crippen LogP contribution in [-0.4, -0.2) is 18.9 Å². The molecule has 0 radical (unpaired) electrons. The first-order chi connectivity index (χ1) is 5.74. The van der Waals surface area contributed by atoms with E-state index in [-0.39, 0.29) is 0 Å². The zero-order valence-electron chi connectivity index (χ0n) is 8.10. The molecular formula is C10H19NO. The SMILES string of the molecule is CCC(C)CC(=O)C1CCNC1. The second-order valence-corrected chi connectivity index (χ2v) is 3.87. The molecule has 0 aliphatic carbocycles. The Bertz CT molecular complexity index is 150. The number of ketones is 1. The summed E-state index contributed by atoms with van der Waals surface area (Å²) in [5, 5.41) is 3.22. The quantitative estimate of drug-likeness (QED) is 0.692. The fraction of sp³-hybridized carbons (Fsp3) is 0.900. The van der Waals surface area contributed by atoms with Crippen molar-refractivity contribution in [1.29, 1.82) is 0 Å². The Labute approximate surface area is 74.7 Å². The lowest BCUT2D eigenvalue weighted by Crippen LogP contribution is -2.19. The molecule has 0 saturated carbocycles. The van der Waals surface area contributed by atoms with E-state index in [4.69, 9.17) is 0 Å². The minimum atomic E-state index is 0.319. The first-order valence-corrected chi connectivity index (χ1v) is 4.97. The van der Waals surface area contributed by atoms with Crippen LogP contribution in [0.3, 0.4) is 0 Å².